The van der Waals surface area contributed by atoms with Gasteiger partial charge in [0.1, 0.15) is 5.69 Å². The van der Waals surface area contributed by atoms with Crippen molar-refractivity contribution in [3.8, 4) is 17.2 Å². The third-order valence-corrected chi connectivity index (χ3v) is 4.66. The fourth-order valence-electron chi connectivity index (χ4n) is 3.19. The quantitative estimate of drug-likeness (QED) is 0.638. The Bertz CT molecular complexity index is 1170. The van der Waals surface area contributed by atoms with Crippen LogP contribution in [0.5, 0.6) is 17.2 Å². The molecule has 0 saturated heterocycles. The van der Waals surface area contributed by atoms with Gasteiger partial charge in [-0.3, -0.25) is 4.79 Å². The maximum absolute atomic E-state index is 12.9. The molecule has 8 heteroatoms. The average molecular weight is 410 g/mol. The molecule has 8 nitrogen and oxygen atoms in total. The van der Waals surface area contributed by atoms with Gasteiger partial charge in [0, 0.05) is 6.54 Å². The largest absolute Gasteiger partial charge is 0.493 e. The standard InChI is InChI=1S/C22H22N2O6/c1-5-24-17-9-7-14(22(26)27)12-16(17)23-15(21(24)25)8-6-13-10-18(28-2)20(30-4)19(11-13)29-3/h6-12H,5H2,1-4H3,(H,26,27)/b8-6+. The van der Waals surface area contributed by atoms with E-state index in [1.54, 1.807) is 34.9 Å². The van der Waals surface area contributed by atoms with E-state index in [0.717, 1.165) is 0 Å². The minimum Gasteiger partial charge on any atom is -0.493 e. The highest BCUT2D eigenvalue weighted by molar-refractivity contribution is 5.92. The van der Waals surface area contributed by atoms with E-state index in [4.69, 9.17) is 14.2 Å². The first-order valence-corrected chi connectivity index (χ1v) is 9.19. The molecule has 0 amide bonds. The molecule has 0 atom stereocenters. The average Bonchev–Trinajstić information content (AvgIpc) is 2.76. The molecule has 1 heterocycles. The molecule has 156 valence electrons. The molecule has 30 heavy (non-hydrogen) atoms. The molecule has 2 aromatic carbocycles. The lowest BCUT2D eigenvalue weighted by Crippen LogP contribution is -2.23. The van der Waals surface area contributed by atoms with Gasteiger partial charge < -0.3 is 23.9 Å². The lowest BCUT2D eigenvalue weighted by Gasteiger charge is -2.13. The summed E-state index contributed by atoms with van der Waals surface area (Å²) in [5.41, 5.74) is 1.76. The smallest absolute Gasteiger partial charge is 0.335 e. The number of carbonyl (C=O) groups is 1. The Hall–Kier alpha value is -3.81. The van der Waals surface area contributed by atoms with Crippen molar-refractivity contribution in [1.29, 1.82) is 0 Å². The summed E-state index contributed by atoms with van der Waals surface area (Å²) in [5.74, 6) is 0.387. The molecule has 0 aliphatic rings. The van der Waals surface area contributed by atoms with Gasteiger partial charge in [0.25, 0.3) is 5.56 Å². The summed E-state index contributed by atoms with van der Waals surface area (Å²) in [6.07, 6.45) is 3.29. The third kappa shape index (κ3) is 3.84. The van der Waals surface area contributed by atoms with E-state index in [1.807, 2.05) is 6.92 Å². The molecule has 0 unspecified atom stereocenters. The fourth-order valence-corrected chi connectivity index (χ4v) is 3.19. The van der Waals surface area contributed by atoms with Crippen LogP contribution in [0.15, 0.2) is 35.1 Å². The van der Waals surface area contributed by atoms with Crippen molar-refractivity contribution < 1.29 is 24.1 Å². The van der Waals surface area contributed by atoms with Gasteiger partial charge in [0.15, 0.2) is 11.5 Å². The van der Waals surface area contributed by atoms with Gasteiger partial charge in [-0.15, -0.1) is 0 Å². The molecule has 0 aliphatic heterocycles. The Kier molecular flexibility index (Phi) is 6.06. The lowest BCUT2D eigenvalue weighted by atomic mass is 10.1. The second-order valence-corrected chi connectivity index (χ2v) is 6.35. The van der Waals surface area contributed by atoms with E-state index in [9.17, 15) is 14.7 Å². The van der Waals surface area contributed by atoms with Gasteiger partial charge in [-0.05, 0) is 48.9 Å². The van der Waals surface area contributed by atoms with Crippen molar-refractivity contribution in [3.05, 3.63) is 57.5 Å². The first kappa shape index (κ1) is 20.9. The second kappa shape index (κ2) is 8.69. The van der Waals surface area contributed by atoms with Crippen LogP contribution in [-0.2, 0) is 6.54 Å². The summed E-state index contributed by atoms with van der Waals surface area (Å²) in [4.78, 5) is 28.5. The molecular formula is C22H22N2O6. The highest BCUT2D eigenvalue weighted by Crippen LogP contribution is 2.38. The summed E-state index contributed by atoms with van der Waals surface area (Å²) in [6.45, 7) is 2.27. The molecule has 0 spiro atoms. The zero-order valence-electron chi connectivity index (χ0n) is 17.1. The summed E-state index contributed by atoms with van der Waals surface area (Å²) >= 11 is 0. The van der Waals surface area contributed by atoms with E-state index in [0.29, 0.717) is 40.4 Å². The maximum atomic E-state index is 12.9. The SMILES string of the molecule is CCn1c(=O)c(/C=C/c2cc(OC)c(OC)c(OC)c2)nc2cc(C(=O)O)ccc21. The summed E-state index contributed by atoms with van der Waals surface area (Å²) in [6, 6.07) is 8.02. The van der Waals surface area contributed by atoms with Crippen LogP contribution in [0, 0.1) is 0 Å². The number of carboxylic acid groups (broad SMARTS) is 1. The number of hydrogen-bond acceptors (Lipinski definition) is 6. The van der Waals surface area contributed by atoms with Crippen LogP contribution in [0.4, 0.5) is 0 Å². The van der Waals surface area contributed by atoms with Crippen molar-refractivity contribution in [2.75, 3.05) is 21.3 Å². The van der Waals surface area contributed by atoms with Crippen LogP contribution >= 0.6 is 0 Å². The number of nitrogens with zero attached hydrogens (tertiary/aromatic N) is 2. The summed E-state index contributed by atoms with van der Waals surface area (Å²) < 4.78 is 17.6. The summed E-state index contributed by atoms with van der Waals surface area (Å²) in [7, 11) is 4.57. The van der Waals surface area contributed by atoms with Gasteiger partial charge in [-0.1, -0.05) is 6.08 Å². The zero-order chi connectivity index (χ0) is 21.8. The first-order chi connectivity index (χ1) is 14.4. The molecule has 0 fully saturated rings. The minimum atomic E-state index is -1.05. The first-order valence-electron chi connectivity index (χ1n) is 9.19. The Morgan fingerprint density at radius 3 is 2.27 bits per heavy atom. The number of carboxylic acids is 1. The number of hydrogen-bond donors (Lipinski definition) is 1. The zero-order valence-corrected chi connectivity index (χ0v) is 17.1. The molecular weight excluding hydrogens is 388 g/mol. The third-order valence-electron chi connectivity index (χ3n) is 4.66. The van der Waals surface area contributed by atoms with Gasteiger partial charge in [-0.25, -0.2) is 9.78 Å². The number of fused-ring (bicyclic) bond motifs is 1. The molecule has 1 aromatic heterocycles. The minimum absolute atomic E-state index is 0.107. The van der Waals surface area contributed by atoms with Gasteiger partial charge in [0.2, 0.25) is 5.75 Å². The van der Waals surface area contributed by atoms with E-state index in [1.165, 1.54) is 33.5 Å². The van der Waals surface area contributed by atoms with E-state index in [2.05, 4.69) is 4.98 Å². The highest BCUT2D eigenvalue weighted by atomic mass is 16.5. The van der Waals surface area contributed by atoms with Crippen LogP contribution in [0.2, 0.25) is 0 Å². The van der Waals surface area contributed by atoms with Crippen molar-refractivity contribution >= 4 is 29.2 Å². The van der Waals surface area contributed by atoms with Crippen LogP contribution < -0.4 is 19.8 Å². The molecule has 0 aliphatic carbocycles. The molecule has 3 aromatic rings. The van der Waals surface area contributed by atoms with E-state index < -0.39 is 5.97 Å². The molecule has 0 saturated carbocycles. The number of methoxy groups -OCH3 is 3. The molecule has 3 rings (SSSR count). The molecule has 0 radical (unpaired) electrons. The Morgan fingerprint density at radius 2 is 1.73 bits per heavy atom. The van der Waals surface area contributed by atoms with Gasteiger partial charge >= 0.3 is 5.97 Å². The predicted molar refractivity (Wildman–Crippen MR) is 114 cm³/mol. The normalized spacial score (nSPS) is 11.1. The lowest BCUT2D eigenvalue weighted by molar-refractivity contribution is 0.0697. The second-order valence-electron chi connectivity index (χ2n) is 6.35. The van der Waals surface area contributed by atoms with Crippen LogP contribution in [0.25, 0.3) is 23.2 Å². The number of aromatic nitrogens is 2. The van der Waals surface area contributed by atoms with Crippen LogP contribution in [-0.4, -0.2) is 42.0 Å². The maximum Gasteiger partial charge on any atom is 0.335 e. The number of benzene rings is 2. The number of rotatable bonds is 7. The van der Waals surface area contributed by atoms with E-state index >= 15 is 0 Å². The number of aromatic carboxylic acids is 1. The van der Waals surface area contributed by atoms with Gasteiger partial charge in [0.05, 0.1) is 37.9 Å². The predicted octanol–water partition coefficient (Wildman–Crippen LogP) is 3.31. The molecule has 1 N–H and O–H groups in total. The number of aryl methyl sites for hydroxylation is 1. The van der Waals surface area contributed by atoms with E-state index in [-0.39, 0.29) is 16.8 Å². The van der Waals surface area contributed by atoms with Crippen molar-refractivity contribution in [1.82, 2.24) is 9.55 Å². The Morgan fingerprint density at radius 1 is 1.07 bits per heavy atom. The highest BCUT2D eigenvalue weighted by Gasteiger charge is 2.13. The van der Waals surface area contributed by atoms with Crippen molar-refractivity contribution in [2.45, 2.75) is 13.5 Å². The Labute approximate surface area is 173 Å². The van der Waals surface area contributed by atoms with Crippen molar-refractivity contribution in [3.63, 3.8) is 0 Å². The topological polar surface area (TPSA) is 99.9 Å². The van der Waals surface area contributed by atoms with Crippen molar-refractivity contribution in [2.24, 2.45) is 0 Å². The monoisotopic (exact) mass is 410 g/mol. The Balaban J connectivity index is 2.13. The van der Waals surface area contributed by atoms with Gasteiger partial charge in [-0.2, -0.15) is 0 Å². The number of ether oxygens (including phenoxy) is 3. The van der Waals surface area contributed by atoms with Crippen LogP contribution in [0.1, 0.15) is 28.5 Å². The summed E-state index contributed by atoms with van der Waals surface area (Å²) in [5, 5.41) is 9.24. The fraction of sp³-hybridized carbons (Fsp3) is 0.227. The van der Waals surface area contributed by atoms with Crippen LogP contribution in [0.3, 0.4) is 0 Å². The molecule has 0 bridgehead atoms.